The van der Waals surface area contributed by atoms with E-state index in [-0.39, 0.29) is 5.91 Å². The van der Waals surface area contributed by atoms with E-state index in [0.717, 1.165) is 35.5 Å². The van der Waals surface area contributed by atoms with E-state index < -0.39 is 0 Å². The lowest BCUT2D eigenvalue weighted by atomic mass is 10.2. The van der Waals surface area contributed by atoms with Crippen molar-refractivity contribution in [1.29, 1.82) is 0 Å². The van der Waals surface area contributed by atoms with Crippen molar-refractivity contribution in [3.63, 3.8) is 0 Å². The monoisotopic (exact) mass is 339 g/mol. The number of aromatic amines is 1. The van der Waals surface area contributed by atoms with Gasteiger partial charge in [0.05, 0.1) is 11.0 Å². The molecule has 0 saturated heterocycles. The van der Waals surface area contributed by atoms with Gasteiger partial charge in [0.1, 0.15) is 5.82 Å². The third-order valence-electron chi connectivity index (χ3n) is 3.69. The highest BCUT2D eigenvalue weighted by Crippen LogP contribution is 2.16. The topological polar surface area (TPSA) is 57.8 Å². The van der Waals surface area contributed by atoms with E-state index in [1.54, 1.807) is 11.8 Å². The molecule has 2 aromatic carbocycles. The number of benzene rings is 2. The summed E-state index contributed by atoms with van der Waals surface area (Å²) in [5.74, 6) is 1.95. The molecule has 3 aromatic rings. The number of aryl methyl sites for hydroxylation is 1. The molecule has 0 saturated carbocycles. The molecular formula is C19H21N3OS. The van der Waals surface area contributed by atoms with Crippen molar-refractivity contribution < 1.29 is 4.79 Å². The Hall–Kier alpha value is -2.27. The number of nitrogens with zero attached hydrogens (tertiary/aromatic N) is 1. The summed E-state index contributed by atoms with van der Waals surface area (Å²) >= 11 is 1.76. The molecule has 0 aliphatic heterocycles. The molecule has 1 aromatic heterocycles. The minimum atomic E-state index is 0.111. The van der Waals surface area contributed by atoms with Crippen LogP contribution in [0.1, 0.15) is 18.7 Å². The first-order chi connectivity index (χ1) is 11.8. The number of H-pyrrole nitrogens is 1. The molecule has 0 spiro atoms. The maximum absolute atomic E-state index is 11.9. The number of fused-ring (bicyclic) bond motifs is 1. The highest BCUT2D eigenvalue weighted by atomic mass is 32.2. The van der Waals surface area contributed by atoms with Crippen LogP contribution in [-0.2, 0) is 11.2 Å². The third-order valence-corrected chi connectivity index (χ3v) is 4.71. The fourth-order valence-electron chi connectivity index (χ4n) is 2.50. The molecule has 0 bridgehead atoms. The molecular weight excluding hydrogens is 318 g/mol. The van der Waals surface area contributed by atoms with Crippen molar-refractivity contribution in [2.75, 3.05) is 12.3 Å². The zero-order valence-electron chi connectivity index (χ0n) is 13.5. The Balaban J connectivity index is 1.32. The van der Waals surface area contributed by atoms with Gasteiger partial charge in [-0.15, -0.1) is 11.8 Å². The smallest absolute Gasteiger partial charge is 0.220 e. The van der Waals surface area contributed by atoms with Crippen molar-refractivity contribution in [1.82, 2.24) is 15.3 Å². The van der Waals surface area contributed by atoms with Crippen LogP contribution in [0.4, 0.5) is 0 Å². The van der Waals surface area contributed by atoms with Crippen LogP contribution in [0.15, 0.2) is 59.5 Å². The molecule has 124 valence electrons. The van der Waals surface area contributed by atoms with E-state index in [2.05, 4.69) is 27.4 Å². The van der Waals surface area contributed by atoms with Gasteiger partial charge in [-0.2, -0.15) is 0 Å². The quantitative estimate of drug-likeness (QED) is 0.485. The summed E-state index contributed by atoms with van der Waals surface area (Å²) in [6.07, 6.45) is 2.13. The number of aromatic nitrogens is 2. The van der Waals surface area contributed by atoms with Crippen LogP contribution in [0.5, 0.6) is 0 Å². The summed E-state index contributed by atoms with van der Waals surface area (Å²) in [5, 5.41) is 2.98. The lowest BCUT2D eigenvalue weighted by Crippen LogP contribution is -2.25. The molecule has 0 radical (unpaired) electrons. The highest BCUT2D eigenvalue weighted by Gasteiger charge is 2.05. The van der Waals surface area contributed by atoms with Gasteiger partial charge >= 0.3 is 0 Å². The van der Waals surface area contributed by atoms with Gasteiger partial charge in [-0.1, -0.05) is 30.3 Å². The van der Waals surface area contributed by atoms with E-state index in [1.165, 1.54) is 4.90 Å². The molecule has 3 rings (SSSR count). The van der Waals surface area contributed by atoms with Crippen molar-refractivity contribution in [3.05, 3.63) is 60.4 Å². The second-order valence-electron chi connectivity index (χ2n) is 5.57. The number of hydrogen-bond donors (Lipinski definition) is 2. The third kappa shape index (κ3) is 4.86. The minimum Gasteiger partial charge on any atom is -0.355 e. The Kier molecular flexibility index (Phi) is 5.90. The van der Waals surface area contributed by atoms with Gasteiger partial charge in [-0.05, 0) is 30.7 Å². The van der Waals surface area contributed by atoms with Gasteiger partial charge in [0.25, 0.3) is 0 Å². The first-order valence-electron chi connectivity index (χ1n) is 8.19. The van der Waals surface area contributed by atoms with E-state index in [1.807, 2.05) is 42.5 Å². The van der Waals surface area contributed by atoms with Crippen LogP contribution in [0.3, 0.4) is 0 Å². The van der Waals surface area contributed by atoms with Gasteiger partial charge in [0.15, 0.2) is 0 Å². The normalized spacial score (nSPS) is 10.8. The summed E-state index contributed by atoms with van der Waals surface area (Å²) < 4.78 is 0. The molecule has 1 heterocycles. The van der Waals surface area contributed by atoms with Crippen molar-refractivity contribution in [3.8, 4) is 0 Å². The number of thioether (sulfide) groups is 1. The van der Waals surface area contributed by atoms with Gasteiger partial charge in [-0.3, -0.25) is 4.79 Å². The Morgan fingerprint density at radius 1 is 1.08 bits per heavy atom. The van der Waals surface area contributed by atoms with Gasteiger partial charge < -0.3 is 10.3 Å². The number of para-hydroxylation sites is 2. The van der Waals surface area contributed by atoms with Crippen molar-refractivity contribution in [2.45, 2.75) is 24.2 Å². The van der Waals surface area contributed by atoms with Crippen LogP contribution in [0, 0.1) is 0 Å². The maximum Gasteiger partial charge on any atom is 0.220 e. The number of imidazole rings is 1. The van der Waals surface area contributed by atoms with E-state index in [0.29, 0.717) is 13.0 Å². The number of amides is 1. The number of nitrogens with one attached hydrogen (secondary N) is 2. The Morgan fingerprint density at radius 3 is 2.71 bits per heavy atom. The Bertz CT molecular complexity index is 752. The molecule has 0 fully saturated rings. The SMILES string of the molecule is O=C(CCCc1nc2ccccc2[nH]1)NCCSc1ccccc1. The van der Waals surface area contributed by atoms with Crippen LogP contribution < -0.4 is 5.32 Å². The number of rotatable bonds is 8. The molecule has 0 aliphatic carbocycles. The number of carbonyl (C=O) groups excluding carboxylic acids is 1. The fraction of sp³-hybridized carbons (Fsp3) is 0.263. The fourth-order valence-corrected chi connectivity index (χ4v) is 3.29. The summed E-state index contributed by atoms with van der Waals surface area (Å²) in [6, 6.07) is 18.2. The largest absolute Gasteiger partial charge is 0.355 e. The van der Waals surface area contributed by atoms with E-state index in [9.17, 15) is 4.79 Å². The molecule has 1 amide bonds. The second kappa shape index (κ2) is 8.55. The lowest BCUT2D eigenvalue weighted by Gasteiger charge is -2.05. The molecule has 0 aliphatic rings. The predicted molar refractivity (Wildman–Crippen MR) is 99.2 cm³/mol. The number of carbonyl (C=O) groups is 1. The van der Waals surface area contributed by atoms with Gasteiger partial charge in [-0.25, -0.2) is 4.98 Å². The van der Waals surface area contributed by atoms with Crippen LogP contribution in [-0.4, -0.2) is 28.2 Å². The average Bonchev–Trinajstić information content (AvgIpc) is 3.02. The lowest BCUT2D eigenvalue weighted by molar-refractivity contribution is -0.121. The van der Waals surface area contributed by atoms with Gasteiger partial charge in [0, 0.05) is 30.0 Å². The van der Waals surface area contributed by atoms with Crippen LogP contribution in [0.2, 0.25) is 0 Å². The molecule has 24 heavy (non-hydrogen) atoms. The Labute approximate surface area is 146 Å². The first-order valence-corrected chi connectivity index (χ1v) is 9.18. The van der Waals surface area contributed by atoms with E-state index in [4.69, 9.17) is 0 Å². The first kappa shape index (κ1) is 16.6. The standard InChI is InChI=1S/C19H21N3OS/c23-19(20-13-14-24-15-7-2-1-3-8-15)12-6-11-18-21-16-9-4-5-10-17(16)22-18/h1-5,7-10H,6,11-14H2,(H,20,23)(H,21,22). The van der Waals surface area contributed by atoms with E-state index >= 15 is 0 Å². The summed E-state index contributed by atoms with van der Waals surface area (Å²) in [7, 11) is 0. The molecule has 0 atom stereocenters. The maximum atomic E-state index is 11.9. The Morgan fingerprint density at radius 2 is 1.88 bits per heavy atom. The second-order valence-corrected chi connectivity index (χ2v) is 6.73. The summed E-state index contributed by atoms with van der Waals surface area (Å²) in [4.78, 5) is 20.9. The summed E-state index contributed by atoms with van der Waals surface area (Å²) in [5.41, 5.74) is 2.03. The predicted octanol–water partition coefficient (Wildman–Crippen LogP) is 3.79. The van der Waals surface area contributed by atoms with Crippen LogP contribution in [0.25, 0.3) is 11.0 Å². The molecule has 5 heteroatoms. The summed E-state index contributed by atoms with van der Waals surface area (Å²) in [6.45, 7) is 0.697. The van der Waals surface area contributed by atoms with Crippen molar-refractivity contribution >= 4 is 28.7 Å². The van der Waals surface area contributed by atoms with Gasteiger partial charge in [0.2, 0.25) is 5.91 Å². The highest BCUT2D eigenvalue weighted by molar-refractivity contribution is 7.99. The zero-order valence-corrected chi connectivity index (χ0v) is 14.3. The average molecular weight is 339 g/mol. The molecule has 0 unspecified atom stereocenters. The van der Waals surface area contributed by atoms with Crippen molar-refractivity contribution in [2.24, 2.45) is 0 Å². The molecule has 2 N–H and O–H groups in total. The number of hydrogen-bond acceptors (Lipinski definition) is 3. The molecule has 4 nitrogen and oxygen atoms in total. The van der Waals surface area contributed by atoms with Crippen LogP contribution >= 0.6 is 11.8 Å². The minimum absolute atomic E-state index is 0.111. The zero-order chi connectivity index (χ0) is 16.6.